The smallest absolute Gasteiger partial charge is 0.411 e. The zero-order valence-electron chi connectivity index (χ0n) is 12.6. The molecule has 1 saturated carbocycles. The highest BCUT2D eigenvalue weighted by Crippen LogP contribution is 2.30. The highest BCUT2D eigenvalue weighted by atomic mass is 16.6. The molecule has 0 aromatic heterocycles. The van der Waals surface area contributed by atoms with E-state index in [0.29, 0.717) is 0 Å². The average Bonchev–Trinajstić information content (AvgIpc) is 3.09. The van der Waals surface area contributed by atoms with Crippen LogP contribution in [-0.4, -0.2) is 57.2 Å². The third-order valence-corrected chi connectivity index (χ3v) is 3.45. The van der Waals surface area contributed by atoms with Crippen LogP contribution in [0.4, 0.5) is 4.79 Å². The average molecular weight is 295 g/mol. The van der Waals surface area contributed by atoms with Crippen LogP contribution in [0.1, 0.15) is 40.0 Å². The van der Waals surface area contributed by atoms with Gasteiger partial charge in [0.25, 0.3) is 5.91 Å². The summed E-state index contributed by atoms with van der Waals surface area (Å²) < 4.78 is 5.26. The maximum Gasteiger partial charge on any atom is 0.411 e. The predicted octanol–water partition coefficient (Wildman–Crippen LogP) is 0.829. The number of rotatable bonds is 2. The Kier molecular flexibility index (Phi) is 4.10. The van der Waals surface area contributed by atoms with Crippen molar-refractivity contribution < 1.29 is 19.4 Å². The number of carbonyl (C=O) groups is 2. The largest absolute Gasteiger partial charge is 0.444 e. The first-order chi connectivity index (χ1) is 9.73. The number of aliphatic hydroxyl groups is 1. The molecule has 1 heterocycles. The third kappa shape index (κ3) is 3.64. The molecule has 2 fully saturated rings. The van der Waals surface area contributed by atoms with Gasteiger partial charge in [-0.05, 0) is 33.6 Å². The van der Waals surface area contributed by atoms with Crippen molar-refractivity contribution in [2.24, 2.45) is 0 Å². The minimum absolute atomic E-state index is 0.0508. The van der Waals surface area contributed by atoms with Crippen LogP contribution in [-0.2, 0) is 9.53 Å². The van der Waals surface area contributed by atoms with Crippen molar-refractivity contribution in [3.63, 3.8) is 0 Å². The van der Waals surface area contributed by atoms with Crippen LogP contribution >= 0.6 is 0 Å². The molecule has 2 amide bonds. The molecule has 21 heavy (non-hydrogen) atoms. The van der Waals surface area contributed by atoms with E-state index in [1.807, 2.05) is 6.19 Å². The summed E-state index contributed by atoms with van der Waals surface area (Å²) in [7, 11) is 0. The quantitative estimate of drug-likeness (QED) is 0.601. The molecule has 116 valence electrons. The molecule has 0 bridgehead atoms. The topological polar surface area (TPSA) is 93.9 Å². The third-order valence-electron chi connectivity index (χ3n) is 3.45. The highest BCUT2D eigenvalue weighted by molar-refractivity contribution is 5.88. The maximum atomic E-state index is 12.4. The summed E-state index contributed by atoms with van der Waals surface area (Å²) in [4.78, 5) is 26.9. The van der Waals surface area contributed by atoms with Crippen LogP contribution in [0.15, 0.2) is 0 Å². The number of ether oxygens (including phenoxy) is 1. The normalized spacial score (nSPS) is 25.4. The fourth-order valence-electron chi connectivity index (χ4n) is 2.37. The molecule has 2 aliphatic rings. The Hall–Kier alpha value is -1.81. The molecule has 1 saturated heterocycles. The van der Waals surface area contributed by atoms with Crippen molar-refractivity contribution in [2.75, 3.05) is 6.54 Å². The van der Waals surface area contributed by atoms with Crippen molar-refractivity contribution in [2.45, 2.75) is 63.8 Å². The minimum atomic E-state index is -0.824. The van der Waals surface area contributed by atoms with E-state index < -0.39 is 29.7 Å². The van der Waals surface area contributed by atoms with Crippen molar-refractivity contribution in [3.8, 4) is 6.19 Å². The first-order valence-corrected chi connectivity index (χ1v) is 7.13. The Bertz CT molecular complexity index is 476. The fraction of sp³-hybridized carbons (Fsp3) is 0.786. The molecule has 7 nitrogen and oxygen atoms in total. The zero-order chi connectivity index (χ0) is 15.8. The molecule has 0 aromatic rings. The second-order valence-electron chi connectivity index (χ2n) is 6.58. The van der Waals surface area contributed by atoms with Gasteiger partial charge in [0.15, 0.2) is 6.19 Å². The summed E-state index contributed by atoms with van der Waals surface area (Å²) >= 11 is 0. The SMILES string of the molecule is CC(C)(C)OC(=O)N1CC(O)CC1C(=O)N(C#N)C1CC1. The first-order valence-electron chi connectivity index (χ1n) is 7.13. The van der Waals surface area contributed by atoms with E-state index in [0.717, 1.165) is 17.7 Å². The van der Waals surface area contributed by atoms with Gasteiger partial charge in [-0.15, -0.1) is 0 Å². The summed E-state index contributed by atoms with van der Waals surface area (Å²) in [5, 5.41) is 18.9. The lowest BCUT2D eigenvalue weighted by Crippen LogP contribution is -2.48. The van der Waals surface area contributed by atoms with Gasteiger partial charge in [-0.3, -0.25) is 9.69 Å². The summed E-state index contributed by atoms with van der Waals surface area (Å²) in [5.41, 5.74) is -0.677. The van der Waals surface area contributed by atoms with Crippen molar-refractivity contribution >= 4 is 12.0 Å². The summed E-state index contributed by atoms with van der Waals surface area (Å²) in [6.45, 7) is 5.26. The standard InChI is InChI=1S/C14H21N3O4/c1-14(2,3)21-13(20)16-7-10(18)6-11(16)12(19)17(8-15)9-4-5-9/h9-11,18H,4-7H2,1-3H3. The van der Waals surface area contributed by atoms with Gasteiger partial charge in [-0.25, -0.2) is 9.69 Å². The Labute approximate surface area is 124 Å². The van der Waals surface area contributed by atoms with E-state index in [-0.39, 0.29) is 19.0 Å². The second kappa shape index (κ2) is 5.53. The Morgan fingerprint density at radius 1 is 1.38 bits per heavy atom. The molecule has 1 aliphatic carbocycles. The van der Waals surface area contributed by atoms with Gasteiger partial charge < -0.3 is 9.84 Å². The van der Waals surface area contributed by atoms with Gasteiger partial charge >= 0.3 is 6.09 Å². The highest BCUT2D eigenvalue weighted by Gasteiger charge is 2.45. The molecule has 0 aromatic carbocycles. The van der Waals surface area contributed by atoms with Crippen LogP contribution < -0.4 is 0 Å². The summed E-state index contributed by atoms with van der Waals surface area (Å²) in [6, 6.07) is -0.879. The first kappa shape index (κ1) is 15.6. The number of likely N-dealkylation sites (tertiary alicyclic amines) is 1. The number of hydrogen-bond acceptors (Lipinski definition) is 5. The van der Waals surface area contributed by atoms with Crippen LogP contribution in [0.2, 0.25) is 0 Å². The number of nitrogens with zero attached hydrogens (tertiary/aromatic N) is 3. The number of aliphatic hydroxyl groups excluding tert-OH is 1. The minimum Gasteiger partial charge on any atom is -0.444 e. The van der Waals surface area contributed by atoms with Crippen molar-refractivity contribution in [1.82, 2.24) is 9.80 Å². The van der Waals surface area contributed by atoms with Crippen LogP contribution in [0, 0.1) is 11.5 Å². The molecule has 0 spiro atoms. The van der Waals surface area contributed by atoms with Crippen LogP contribution in [0.5, 0.6) is 0 Å². The van der Waals surface area contributed by atoms with Crippen LogP contribution in [0.3, 0.4) is 0 Å². The summed E-state index contributed by atoms with van der Waals surface area (Å²) in [5.74, 6) is -0.428. The molecule has 2 atom stereocenters. The summed E-state index contributed by atoms with van der Waals surface area (Å²) in [6.07, 6.45) is 2.24. The fourth-order valence-corrected chi connectivity index (χ4v) is 2.37. The van der Waals surface area contributed by atoms with E-state index in [9.17, 15) is 14.7 Å². The van der Waals surface area contributed by atoms with Gasteiger partial charge in [0.1, 0.15) is 11.6 Å². The van der Waals surface area contributed by atoms with Gasteiger partial charge in [0, 0.05) is 12.5 Å². The van der Waals surface area contributed by atoms with E-state index in [1.54, 1.807) is 20.8 Å². The van der Waals surface area contributed by atoms with Gasteiger partial charge in [-0.2, -0.15) is 5.26 Å². The lowest BCUT2D eigenvalue weighted by atomic mass is 10.1. The molecule has 0 radical (unpaired) electrons. The lowest BCUT2D eigenvalue weighted by Gasteiger charge is -2.29. The Balaban J connectivity index is 2.11. The monoisotopic (exact) mass is 295 g/mol. The maximum absolute atomic E-state index is 12.4. The molecule has 2 rings (SSSR count). The number of amides is 2. The molecule has 1 aliphatic heterocycles. The van der Waals surface area contributed by atoms with Gasteiger partial charge in [-0.1, -0.05) is 0 Å². The number of carbonyl (C=O) groups excluding carboxylic acids is 2. The zero-order valence-corrected chi connectivity index (χ0v) is 12.6. The van der Waals surface area contributed by atoms with E-state index in [1.165, 1.54) is 4.90 Å². The van der Waals surface area contributed by atoms with Crippen molar-refractivity contribution in [3.05, 3.63) is 0 Å². The number of hydrogen-bond donors (Lipinski definition) is 1. The molecular weight excluding hydrogens is 274 g/mol. The van der Waals surface area contributed by atoms with Crippen LogP contribution in [0.25, 0.3) is 0 Å². The lowest BCUT2D eigenvalue weighted by molar-refractivity contribution is -0.133. The number of β-amino-alcohol motifs (C(OH)–C–C–N with tert-alkyl or cyclic N) is 1. The molecule has 1 N–H and O–H groups in total. The molecular formula is C14H21N3O4. The van der Waals surface area contributed by atoms with E-state index in [4.69, 9.17) is 10.00 Å². The number of nitriles is 1. The van der Waals surface area contributed by atoms with Crippen molar-refractivity contribution in [1.29, 1.82) is 5.26 Å². The van der Waals surface area contributed by atoms with E-state index in [2.05, 4.69) is 0 Å². The Morgan fingerprint density at radius 2 is 2.00 bits per heavy atom. The van der Waals surface area contributed by atoms with E-state index >= 15 is 0 Å². The Morgan fingerprint density at radius 3 is 2.48 bits per heavy atom. The van der Waals surface area contributed by atoms with Gasteiger partial charge in [0.2, 0.25) is 0 Å². The molecule has 7 heteroatoms. The molecule has 2 unspecified atom stereocenters. The second-order valence-corrected chi connectivity index (χ2v) is 6.58. The predicted molar refractivity (Wildman–Crippen MR) is 72.8 cm³/mol. The van der Waals surface area contributed by atoms with Gasteiger partial charge in [0.05, 0.1) is 12.6 Å².